The molecule has 0 unspecified atom stereocenters. The summed E-state index contributed by atoms with van der Waals surface area (Å²) in [5, 5.41) is 0.794. The second-order valence-corrected chi connectivity index (χ2v) is 5.89. The van der Waals surface area contributed by atoms with E-state index in [0.29, 0.717) is 16.7 Å². The number of carbonyl (C=O) groups excluding carboxylic acids is 2. The topological polar surface area (TPSA) is 65.7 Å². The number of para-hydroxylation sites is 1. The Kier molecular flexibility index (Phi) is 5.49. The zero-order valence-corrected chi connectivity index (χ0v) is 14.8. The Hall–Kier alpha value is -2.92. The van der Waals surface area contributed by atoms with E-state index in [2.05, 4.69) is 0 Å². The highest BCUT2D eigenvalue weighted by atomic mass is 16.5. The molecular weight excluding hydrogens is 332 g/mol. The molecule has 0 N–H and O–H groups in total. The van der Waals surface area contributed by atoms with Gasteiger partial charge < -0.3 is 13.9 Å². The van der Waals surface area contributed by atoms with Gasteiger partial charge in [-0.25, -0.2) is 4.79 Å². The number of carbonyl (C=O) groups is 2. The second kappa shape index (κ2) is 7.97. The van der Waals surface area contributed by atoms with Crippen LogP contribution in [0.15, 0.2) is 52.9 Å². The minimum atomic E-state index is -0.674. The molecule has 0 aliphatic heterocycles. The van der Waals surface area contributed by atoms with E-state index in [4.69, 9.17) is 13.9 Å². The summed E-state index contributed by atoms with van der Waals surface area (Å²) in [5.74, 6) is -0.862. The number of benzene rings is 2. The van der Waals surface area contributed by atoms with Crippen LogP contribution in [0.3, 0.4) is 0 Å². The molecule has 5 nitrogen and oxygen atoms in total. The standard InChI is InChI=1S/C21H20O5/c1-3-14-8-10-15(11-9-14)18(22)13-25-21(23)20-17(12-24-2)16-6-4-5-7-19(16)26-20/h4-11H,3,12-13H2,1-2H3. The molecular formula is C21H20O5. The Balaban J connectivity index is 1.74. The van der Waals surface area contributed by atoms with E-state index in [1.54, 1.807) is 25.3 Å². The molecule has 0 spiro atoms. The second-order valence-electron chi connectivity index (χ2n) is 5.89. The maximum Gasteiger partial charge on any atom is 0.375 e. The summed E-state index contributed by atoms with van der Waals surface area (Å²) in [6.45, 7) is 1.92. The number of hydrogen-bond donors (Lipinski definition) is 0. The number of ether oxygens (including phenoxy) is 2. The third kappa shape index (κ3) is 3.68. The summed E-state index contributed by atoms with van der Waals surface area (Å²) < 4.78 is 16.0. The maximum absolute atomic E-state index is 12.4. The van der Waals surface area contributed by atoms with Crippen LogP contribution in [0.1, 0.15) is 39.0 Å². The van der Waals surface area contributed by atoms with Crippen molar-refractivity contribution in [2.24, 2.45) is 0 Å². The molecule has 0 aliphatic carbocycles. The van der Waals surface area contributed by atoms with Crippen LogP contribution >= 0.6 is 0 Å². The van der Waals surface area contributed by atoms with Gasteiger partial charge in [0.2, 0.25) is 5.76 Å². The first-order chi connectivity index (χ1) is 12.6. The quantitative estimate of drug-likeness (QED) is 0.471. The highest BCUT2D eigenvalue weighted by molar-refractivity contribution is 6.00. The summed E-state index contributed by atoms with van der Waals surface area (Å²) in [4.78, 5) is 24.7. The molecule has 0 saturated heterocycles. The lowest BCUT2D eigenvalue weighted by molar-refractivity contribution is 0.0441. The van der Waals surface area contributed by atoms with Crippen LogP contribution in [0.4, 0.5) is 0 Å². The van der Waals surface area contributed by atoms with Crippen molar-refractivity contribution in [3.05, 3.63) is 71.0 Å². The van der Waals surface area contributed by atoms with Gasteiger partial charge in [0.25, 0.3) is 0 Å². The van der Waals surface area contributed by atoms with Crippen molar-refractivity contribution in [3.63, 3.8) is 0 Å². The van der Waals surface area contributed by atoms with Crippen molar-refractivity contribution in [1.82, 2.24) is 0 Å². The molecule has 0 bridgehead atoms. The molecule has 2 aromatic carbocycles. The van der Waals surface area contributed by atoms with Gasteiger partial charge in [-0.05, 0) is 18.1 Å². The molecule has 1 aromatic heterocycles. The van der Waals surface area contributed by atoms with E-state index in [0.717, 1.165) is 17.4 Å². The monoisotopic (exact) mass is 352 g/mol. The Labute approximate surface area is 151 Å². The fourth-order valence-corrected chi connectivity index (χ4v) is 2.76. The average molecular weight is 352 g/mol. The fourth-order valence-electron chi connectivity index (χ4n) is 2.76. The maximum atomic E-state index is 12.4. The number of methoxy groups -OCH3 is 1. The van der Waals surface area contributed by atoms with Gasteiger partial charge in [0.15, 0.2) is 12.4 Å². The van der Waals surface area contributed by atoms with Gasteiger partial charge in [-0.15, -0.1) is 0 Å². The number of Topliss-reactive ketones (excluding diaryl/α,β-unsaturated/α-hetero) is 1. The third-order valence-electron chi connectivity index (χ3n) is 4.19. The van der Waals surface area contributed by atoms with E-state index in [-0.39, 0.29) is 24.8 Å². The van der Waals surface area contributed by atoms with Crippen molar-refractivity contribution in [1.29, 1.82) is 0 Å². The van der Waals surface area contributed by atoms with Gasteiger partial charge in [-0.1, -0.05) is 49.4 Å². The molecule has 0 atom stereocenters. The van der Waals surface area contributed by atoms with Gasteiger partial charge in [0, 0.05) is 23.6 Å². The largest absolute Gasteiger partial charge is 0.451 e. The predicted molar refractivity (Wildman–Crippen MR) is 97.4 cm³/mol. The lowest BCUT2D eigenvalue weighted by atomic mass is 10.1. The van der Waals surface area contributed by atoms with Crippen molar-refractivity contribution in [2.45, 2.75) is 20.0 Å². The number of fused-ring (bicyclic) bond motifs is 1. The zero-order valence-electron chi connectivity index (χ0n) is 14.8. The molecule has 0 amide bonds. The first-order valence-electron chi connectivity index (χ1n) is 8.42. The van der Waals surface area contributed by atoms with Crippen LogP contribution in [0.5, 0.6) is 0 Å². The van der Waals surface area contributed by atoms with Crippen LogP contribution in [0.25, 0.3) is 11.0 Å². The van der Waals surface area contributed by atoms with Gasteiger partial charge in [-0.3, -0.25) is 4.79 Å². The lowest BCUT2D eigenvalue weighted by Gasteiger charge is -2.05. The van der Waals surface area contributed by atoms with Gasteiger partial charge in [0.05, 0.1) is 6.61 Å². The molecule has 0 radical (unpaired) electrons. The fraction of sp³-hybridized carbons (Fsp3) is 0.238. The van der Waals surface area contributed by atoms with Crippen molar-refractivity contribution >= 4 is 22.7 Å². The molecule has 26 heavy (non-hydrogen) atoms. The lowest BCUT2D eigenvalue weighted by Crippen LogP contribution is -2.15. The molecule has 3 rings (SSSR count). The first kappa shape index (κ1) is 17.9. The Bertz CT molecular complexity index is 921. The summed E-state index contributed by atoms with van der Waals surface area (Å²) >= 11 is 0. The molecule has 5 heteroatoms. The molecule has 0 fully saturated rings. The van der Waals surface area contributed by atoms with E-state index in [1.165, 1.54) is 0 Å². The number of aryl methyl sites for hydroxylation is 1. The summed E-state index contributed by atoms with van der Waals surface area (Å²) in [6.07, 6.45) is 0.901. The Morgan fingerprint density at radius 2 is 1.77 bits per heavy atom. The number of rotatable bonds is 7. The van der Waals surface area contributed by atoms with Crippen molar-refractivity contribution < 1.29 is 23.5 Å². The smallest absolute Gasteiger partial charge is 0.375 e. The number of esters is 1. The van der Waals surface area contributed by atoms with Crippen LogP contribution in [-0.4, -0.2) is 25.5 Å². The Morgan fingerprint density at radius 1 is 1.04 bits per heavy atom. The van der Waals surface area contributed by atoms with Crippen molar-refractivity contribution in [3.8, 4) is 0 Å². The number of furan rings is 1. The van der Waals surface area contributed by atoms with Gasteiger partial charge in [-0.2, -0.15) is 0 Å². The van der Waals surface area contributed by atoms with E-state index in [9.17, 15) is 9.59 Å². The highest BCUT2D eigenvalue weighted by Gasteiger charge is 2.22. The number of hydrogen-bond acceptors (Lipinski definition) is 5. The van der Waals surface area contributed by atoms with E-state index in [1.807, 2.05) is 37.3 Å². The van der Waals surface area contributed by atoms with Gasteiger partial charge in [0.1, 0.15) is 5.58 Å². The van der Waals surface area contributed by atoms with Crippen LogP contribution in [0.2, 0.25) is 0 Å². The zero-order chi connectivity index (χ0) is 18.5. The third-order valence-corrected chi connectivity index (χ3v) is 4.19. The highest BCUT2D eigenvalue weighted by Crippen LogP contribution is 2.27. The average Bonchev–Trinajstić information content (AvgIpc) is 3.05. The first-order valence-corrected chi connectivity index (χ1v) is 8.42. The van der Waals surface area contributed by atoms with E-state index >= 15 is 0 Å². The molecule has 3 aromatic rings. The minimum Gasteiger partial charge on any atom is -0.451 e. The van der Waals surface area contributed by atoms with Crippen LogP contribution < -0.4 is 0 Å². The van der Waals surface area contributed by atoms with Crippen molar-refractivity contribution in [2.75, 3.05) is 13.7 Å². The summed E-state index contributed by atoms with van der Waals surface area (Å²) in [5.41, 5.74) is 2.85. The SMILES string of the molecule is CCc1ccc(C(=O)COC(=O)c2oc3ccccc3c2COC)cc1. The minimum absolute atomic E-state index is 0.0715. The molecule has 1 heterocycles. The molecule has 134 valence electrons. The molecule has 0 aliphatic rings. The van der Waals surface area contributed by atoms with Crippen LogP contribution in [-0.2, 0) is 22.5 Å². The summed E-state index contributed by atoms with van der Waals surface area (Å²) in [7, 11) is 1.54. The predicted octanol–water partition coefficient (Wildman–Crippen LogP) is 4.18. The van der Waals surface area contributed by atoms with E-state index < -0.39 is 5.97 Å². The van der Waals surface area contributed by atoms with Gasteiger partial charge >= 0.3 is 5.97 Å². The number of ketones is 1. The molecule has 0 saturated carbocycles. The van der Waals surface area contributed by atoms with Crippen LogP contribution in [0, 0.1) is 0 Å². The summed E-state index contributed by atoms with van der Waals surface area (Å²) in [6, 6.07) is 14.6. The Morgan fingerprint density at radius 3 is 2.46 bits per heavy atom. The normalized spacial score (nSPS) is 10.8.